The van der Waals surface area contributed by atoms with E-state index in [0.717, 1.165) is 5.56 Å². The van der Waals surface area contributed by atoms with Gasteiger partial charge in [0.2, 0.25) is 0 Å². The molecule has 0 bridgehead atoms. The molecule has 1 N–H and O–H groups in total. The van der Waals surface area contributed by atoms with Crippen molar-refractivity contribution >= 4 is 11.9 Å². The quantitative estimate of drug-likeness (QED) is 0.755. The van der Waals surface area contributed by atoms with Crippen molar-refractivity contribution in [2.24, 2.45) is 0 Å². The summed E-state index contributed by atoms with van der Waals surface area (Å²) in [6.45, 7) is 1.35. The average molecular weight is 368 g/mol. The Morgan fingerprint density at radius 1 is 1.15 bits per heavy atom. The van der Waals surface area contributed by atoms with E-state index in [1.165, 1.54) is 19.2 Å². The highest BCUT2D eigenvalue weighted by atomic mass is 16.5. The van der Waals surface area contributed by atoms with E-state index in [1.54, 1.807) is 44.4 Å². The van der Waals surface area contributed by atoms with Gasteiger partial charge in [-0.3, -0.25) is 4.79 Å². The summed E-state index contributed by atoms with van der Waals surface area (Å²) in [6, 6.07) is 12.9. The van der Waals surface area contributed by atoms with Crippen molar-refractivity contribution in [2.45, 2.75) is 13.0 Å². The number of carbonyl (C=O) groups is 2. The monoisotopic (exact) mass is 368 g/mol. The van der Waals surface area contributed by atoms with E-state index in [0.29, 0.717) is 17.1 Å². The van der Waals surface area contributed by atoms with Crippen LogP contribution in [0, 0.1) is 11.3 Å². The van der Waals surface area contributed by atoms with E-state index < -0.39 is 18.5 Å². The SMILES string of the molecule is COc1ccc(OC)c([C@H](C)NC(=O)COC(=O)c2cccc(C#N)c2)c1. The summed E-state index contributed by atoms with van der Waals surface area (Å²) in [5.41, 5.74) is 1.29. The maximum Gasteiger partial charge on any atom is 0.338 e. The number of nitriles is 1. The van der Waals surface area contributed by atoms with Crippen LogP contribution in [0.5, 0.6) is 11.5 Å². The molecule has 2 aromatic rings. The molecule has 0 aromatic heterocycles. The summed E-state index contributed by atoms with van der Waals surface area (Å²) in [5.74, 6) is 0.107. The second-order valence-corrected chi connectivity index (χ2v) is 5.67. The number of hydrogen-bond donors (Lipinski definition) is 1. The van der Waals surface area contributed by atoms with Crippen molar-refractivity contribution in [1.82, 2.24) is 5.32 Å². The van der Waals surface area contributed by atoms with Gasteiger partial charge in [0.05, 0.1) is 37.5 Å². The first kappa shape index (κ1) is 19.8. The number of benzene rings is 2. The molecule has 140 valence electrons. The van der Waals surface area contributed by atoms with Crippen LogP contribution in [0.25, 0.3) is 0 Å². The minimum atomic E-state index is -0.672. The zero-order valence-corrected chi connectivity index (χ0v) is 15.3. The van der Waals surface area contributed by atoms with Crippen LogP contribution in [0.2, 0.25) is 0 Å². The molecule has 0 saturated heterocycles. The lowest BCUT2D eigenvalue weighted by molar-refractivity contribution is -0.124. The van der Waals surface area contributed by atoms with Crippen molar-refractivity contribution in [3.05, 3.63) is 59.2 Å². The Hall–Kier alpha value is -3.53. The van der Waals surface area contributed by atoms with Gasteiger partial charge >= 0.3 is 5.97 Å². The largest absolute Gasteiger partial charge is 0.497 e. The van der Waals surface area contributed by atoms with Crippen LogP contribution in [0.15, 0.2) is 42.5 Å². The molecule has 0 heterocycles. The fraction of sp³-hybridized carbons (Fsp3) is 0.250. The maximum atomic E-state index is 12.1. The topological polar surface area (TPSA) is 97.7 Å². The Balaban J connectivity index is 1.97. The Morgan fingerprint density at radius 2 is 1.93 bits per heavy atom. The van der Waals surface area contributed by atoms with Crippen LogP contribution in [-0.4, -0.2) is 32.7 Å². The van der Waals surface area contributed by atoms with Crippen molar-refractivity contribution in [3.63, 3.8) is 0 Å². The van der Waals surface area contributed by atoms with E-state index in [4.69, 9.17) is 19.5 Å². The van der Waals surface area contributed by atoms with Gasteiger partial charge in [-0.15, -0.1) is 0 Å². The molecule has 27 heavy (non-hydrogen) atoms. The Labute approximate surface area is 157 Å². The van der Waals surface area contributed by atoms with Gasteiger partial charge in [-0.2, -0.15) is 5.26 Å². The minimum absolute atomic E-state index is 0.212. The number of amides is 1. The summed E-state index contributed by atoms with van der Waals surface area (Å²) in [4.78, 5) is 24.1. The Kier molecular flexibility index (Phi) is 6.78. The van der Waals surface area contributed by atoms with E-state index >= 15 is 0 Å². The third-order valence-corrected chi connectivity index (χ3v) is 3.84. The van der Waals surface area contributed by atoms with Crippen molar-refractivity contribution < 1.29 is 23.8 Å². The molecule has 1 amide bonds. The number of esters is 1. The second kappa shape index (κ2) is 9.25. The van der Waals surface area contributed by atoms with Gasteiger partial charge in [0.1, 0.15) is 11.5 Å². The standard InChI is InChI=1S/C20H20N2O5/c1-13(17-10-16(25-2)7-8-18(17)26-3)22-19(23)12-27-20(24)15-6-4-5-14(9-15)11-21/h4-10,13H,12H2,1-3H3,(H,22,23)/t13-/m0/s1. The molecule has 0 unspecified atom stereocenters. The van der Waals surface area contributed by atoms with E-state index in [2.05, 4.69) is 5.32 Å². The number of carbonyl (C=O) groups excluding carboxylic acids is 2. The van der Waals surface area contributed by atoms with Gasteiger partial charge in [0, 0.05) is 5.56 Å². The molecular formula is C20H20N2O5. The molecule has 1 atom stereocenters. The van der Waals surface area contributed by atoms with Crippen molar-refractivity contribution in [1.29, 1.82) is 5.26 Å². The summed E-state index contributed by atoms with van der Waals surface area (Å²) >= 11 is 0. The zero-order chi connectivity index (χ0) is 19.8. The fourth-order valence-corrected chi connectivity index (χ4v) is 2.47. The van der Waals surface area contributed by atoms with Gasteiger partial charge in [0.15, 0.2) is 6.61 Å². The van der Waals surface area contributed by atoms with Crippen LogP contribution in [0.4, 0.5) is 0 Å². The molecule has 0 aliphatic carbocycles. The molecule has 0 radical (unpaired) electrons. The van der Waals surface area contributed by atoms with Crippen LogP contribution in [0.3, 0.4) is 0 Å². The van der Waals surface area contributed by atoms with Gasteiger partial charge in [-0.25, -0.2) is 4.79 Å². The van der Waals surface area contributed by atoms with Crippen molar-refractivity contribution in [3.8, 4) is 17.6 Å². The predicted molar refractivity (Wildman–Crippen MR) is 97.5 cm³/mol. The van der Waals surface area contributed by atoms with Crippen LogP contribution in [-0.2, 0) is 9.53 Å². The first-order valence-electron chi connectivity index (χ1n) is 8.17. The molecule has 7 nitrogen and oxygen atoms in total. The van der Waals surface area contributed by atoms with E-state index in [1.807, 2.05) is 6.07 Å². The number of nitrogens with one attached hydrogen (secondary N) is 1. The van der Waals surface area contributed by atoms with Gasteiger partial charge in [-0.05, 0) is 43.3 Å². The lowest BCUT2D eigenvalue weighted by Gasteiger charge is -2.18. The predicted octanol–water partition coefficient (Wildman–Crippen LogP) is 2.61. The summed E-state index contributed by atoms with van der Waals surface area (Å²) in [5, 5.41) is 11.6. The summed E-state index contributed by atoms with van der Waals surface area (Å²) < 4.78 is 15.5. The number of ether oxygens (including phenoxy) is 3. The zero-order valence-electron chi connectivity index (χ0n) is 15.3. The summed E-state index contributed by atoms with van der Waals surface area (Å²) in [7, 11) is 3.09. The molecule has 2 rings (SSSR count). The number of methoxy groups -OCH3 is 2. The molecule has 0 aliphatic rings. The molecule has 0 fully saturated rings. The second-order valence-electron chi connectivity index (χ2n) is 5.67. The van der Waals surface area contributed by atoms with Crippen LogP contribution < -0.4 is 14.8 Å². The minimum Gasteiger partial charge on any atom is -0.497 e. The average Bonchev–Trinajstić information content (AvgIpc) is 2.71. The maximum absolute atomic E-state index is 12.1. The third kappa shape index (κ3) is 5.22. The molecule has 0 spiro atoms. The number of rotatable bonds is 7. The van der Waals surface area contributed by atoms with Gasteiger partial charge < -0.3 is 19.5 Å². The normalized spacial score (nSPS) is 11.0. The number of hydrogen-bond acceptors (Lipinski definition) is 6. The molecule has 2 aromatic carbocycles. The highest BCUT2D eigenvalue weighted by molar-refractivity contribution is 5.91. The lowest BCUT2D eigenvalue weighted by Crippen LogP contribution is -2.31. The lowest BCUT2D eigenvalue weighted by atomic mass is 10.1. The van der Waals surface area contributed by atoms with Crippen LogP contribution in [0.1, 0.15) is 34.5 Å². The molecule has 0 saturated carbocycles. The third-order valence-electron chi connectivity index (χ3n) is 3.84. The molecular weight excluding hydrogens is 348 g/mol. The first-order valence-corrected chi connectivity index (χ1v) is 8.17. The Bertz CT molecular complexity index is 873. The summed E-state index contributed by atoms with van der Waals surface area (Å²) in [6.07, 6.45) is 0. The fourth-order valence-electron chi connectivity index (χ4n) is 2.47. The highest BCUT2D eigenvalue weighted by Crippen LogP contribution is 2.29. The highest BCUT2D eigenvalue weighted by Gasteiger charge is 2.17. The van der Waals surface area contributed by atoms with Gasteiger partial charge in [0.25, 0.3) is 5.91 Å². The van der Waals surface area contributed by atoms with Crippen LogP contribution >= 0.6 is 0 Å². The van der Waals surface area contributed by atoms with E-state index in [-0.39, 0.29) is 11.6 Å². The first-order chi connectivity index (χ1) is 13.0. The van der Waals surface area contributed by atoms with Gasteiger partial charge in [-0.1, -0.05) is 6.07 Å². The molecule has 0 aliphatic heterocycles. The molecule has 7 heteroatoms. The number of nitrogens with zero attached hydrogens (tertiary/aromatic N) is 1. The van der Waals surface area contributed by atoms with Crippen molar-refractivity contribution in [2.75, 3.05) is 20.8 Å². The Morgan fingerprint density at radius 3 is 2.59 bits per heavy atom. The van der Waals surface area contributed by atoms with E-state index in [9.17, 15) is 9.59 Å². The smallest absolute Gasteiger partial charge is 0.338 e.